The van der Waals surface area contributed by atoms with Crippen LogP contribution < -0.4 is 5.32 Å². The number of benzene rings is 1. The Morgan fingerprint density at radius 1 is 1.30 bits per heavy atom. The Balaban J connectivity index is 1.76. The minimum atomic E-state index is -0.333. The van der Waals surface area contributed by atoms with Crippen molar-refractivity contribution in [2.45, 2.75) is 44.4 Å². The molecule has 1 fully saturated rings. The Morgan fingerprint density at radius 3 is 2.83 bits per heavy atom. The monoisotopic (exact) mass is 335 g/mol. The van der Waals surface area contributed by atoms with Crippen molar-refractivity contribution in [3.8, 4) is 0 Å². The van der Waals surface area contributed by atoms with Crippen molar-refractivity contribution in [3.05, 3.63) is 35.4 Å². The van der Waals surface area contributed by atoms with Crippen LogP contribution in [0.5, 0.6) is 0 Å². The van der Waals surface area contributed by atoms with Gasteiger partial charge in [-0.3, -0.25) is 4.79 Å². The number of hydrogen-bond donors (Lipinski definition) is 1. The molecule has 5 heteroatoms. The molecule has 0 saturated heterocycles. The SMILES string of the molecule is COC(=O)c1cccc(CSCC(=O)N[C@@H]2CCCC[C@@H]2C)c1. The summed E-state index contributed by atoms with van der Waals surface area (Å²) >= 11 is 1.57. The lowest BCUT2D eigenvalue weighted by Gasteiger charge is -2.29. The lowest BCUT2D eigenvalue weighted by molar-refractivity contribution is -0.119. The number of nitrogens with one attached hydrogen (secondary N) is 1. The molecule has 0 aliphatic heterocycles. The van der Waals surface area contributed by atoms with Gasteiger partial charge in [-0.25, -0.2) is 4.79 Å². The Labute approximate surface area is 142 Å². The number of ether oxygens (including phenoxy) is 1. The quantitative estimate of drug-likeness (QED) is 0.810. The predicted molar refractivity (Wildman–Crippen MR) is 93.5 cm³/mol. The minimum absolute atomic E-state index is 0.109. The molecular formula is C18H25NO3S. The summed E-state index contributed by atoms with van der Waals surface area (Å²) in [6, 6.07) is 7.68. The Hall–Kier alpha value is -1.49. The summed E-state index contributed by atoms with van der Waals surface area (Å²) in [5.74, 6) is 1.51. The van der Waals surface area contributed by atoms with Crippen LogP contribution in [0.15, 0.2) is 24.3 Å². The number of carbonyl (C=O) groups is 2. The maximum absolute atomic E-state index is 12.1. The molecule has 2 rings (SSSR count). The second kappa shape index (κ2) is 8.96. The van der Waals surface area contributed by atoms with Crippen LogP contribution in [0.2, 0.25) is 0 Å². The average molecular weight is 335 g/mol. The Kier molecular flexibility index (Phi) is 6.96. The molecule has 1 saturated carbocycles. The third-order valence-electron chi connectivity index (χ3n) is 4.31. The molecule has 1 aromatic carbocycles. The van der Waals surface area contributed by atoms with Gasteiger partial charge in [0.25, 0.3) is 0 Å². The average Bonchev–Trinajstić information content (AvgIpc) is 2.56. The van der Waals surface area contributed by atoms with Gasteiger partial charge in [-0.2, -0.15) is 0 Å². The standard InChI is InChI=1S/C18H25NO3S/c1-13-6-3-4-9-16(13)19-17(20)12-23-11-14-7-5-8-15(10-14)18(21)22-2/h5,7-8,10,13,16H,3-4,6,9,11-12H2,1-2H3,(H,19,20)/t13-,16+/m0/s1. The van der Waals surface area contributed by atoms with Gasteiger partial charge in [-0.05, 0) is 36.5 Å². The van der Waals surface area contributed by atoms with E-state index in [-0.39, 0.29) is 11.9 Å². The van der Waals surface area contributed by atoms with Crippen LogP contribution in [-0.2, 0) is 15.3 Å². The van der Waals surface area contributed by atoms with Crippen LogP contribution in [0.4, 0.5) is 0 Å². The normalized spacial score (nSPS) is 20.8. The van der Waals surface area contributed by atoms with E-state index >= 15 is 0 Å². The highest BCUT2D eigenvalue weighted by atomic mass is 32.2. The van der Waals surface area contributed by atoms with Crippen molar-refractivity contribution in [1.82, 2.24) is 5.32 Å². The van der Waals surface area contributed by atoms with Crippen molar-refractivity contribution in [1.29, 1.82) is 0 Å². The van der Waals surface area contributed by atoms with Crippen molar-refractivity contribution in [2.75, 3.05) is 12.9 Å². The first-order chi connectivity index (χ1) is 11.1. The lowest BCUT2D eigenvalue weighted by Crippen LogP contribution is -2.41. The van der Waals surface area contributed by atoms with Crippen molar-refractivity contribution < 1.29 is 14.3 Å². The first-order valence-electron chi connectivity index (χ1n) is 8.14. The highest BCUT2D eigenvalue weighted by Crippen LogP contribution is 2.24. The van der Waals surface area contributed by atoms with Crippen LogP contribution in [-0.4, -0.2) is 30.8 Å². The molecule has 0 aromatic heterocycles. The van der Waals surface area contributed by atoms with E-state index in [0.717, 1.165) is 12.0 Å². The van der Waals surface area contributed by atoms with Gasteiger partial charge in [0.15, 0.2) is 0 Å². The number of rotatable bonds is 6. The van der Waals surface area contributed by atoms with Gasteiger partial charge in [0.2, 0.25) is 5.91 Å². The summed E-state index contributed by atoms with van der Waals surface area (Å²) in [6.45, 7) is 2.22. The Morgan fingerprint density at radius 2 is 2.09 bits per heavy atom. The molecule has 0 heterocycles. The fourth-order valence-corrected chi connectivity index (χ4v) is 3.73. The summed E-state index contributed by atoms with van der Waals surface area (Å²) in [5.41, 5.74) is 1.57. The highest BCUT2D eigenvalue weighted by molar-refractivity contribution is 7.99. The fraction of sp³-hybridized carbons (Fsp3) is 0.556. The largest absolute Gasteiger partial charge is 0.465 e. The summed E-state index contributed by atoms with van der Waals surface area (Å²) in [7, 11) is 1.38. The van der Waals surface area contributed by atoms with Crippen molar-refractivity contribution in [2.24, 2.45) is 5.92 Å². The van der Waals surface area contributed by atoms with Crippen LogP contribution in [0.3, 0.4) is 0 Å². The van der Waals surface area contributed by atoms with Crippen LogP contribution in [0, 0.1) is 5.92 Å². The third-order valence-corrected chi connectivity index (χ3v) is 5.31. The molecule has 0 unspecified atom stereocenters. The van der Waals surface area contributed by atoms with E-state index in [4.69, 9.17) is 4.74 Å². The van der Waals surface area contributed by atoms with E-state index in [2.05, 4.69) is 12.2 Å². The first kappa shape index (κ1) is 17.9. The van der Waals surface area contributed by atoms with Gasteiger partial charge in [0, 0.05) is 11.8 Å². The molecule has 1 amide bonds. The van der Waals surface area contributed by atoms with Crippen LogP contribution in [0.1, 0.15) is 48.5 Å². The molecule has 1 aliphatic rings. The van der Waals surface area contributed by atoms with E-state index in [1.807, 2.05) is 18.2 Å². The minimum Gasteiger partial charge on any atom is -0.465 e. The Bertz CT molecular complexity index is 547. The molecule has 0 bridgehead atoms. The summed E-state index contributed by atoms with van der Waals surface area (Å²) in [5, 5.41) is 3.16. The fourth-order valence-electron chi connectivity index (χ4n) is 2.95. The second-order valence-electron chi connectivity index (χ2n) is 6.12. The highest BCUT2D eigenvalue weighted by Gasteiger charge is 2.22. The zero-order valence-corrected chi connectivity index (χ0v) is 14.7. The molecule has 0 spiro atoms. The van der Waals surface area contributed by atoms with E-state index < -0.39 is 0 Å². The van der Waals surface area contributed by atoms with E-state index in [1.165, 1.54) is 26.4 Å². The molecular weight excluding hydrogens is 310 g/mol. The number of methoxy groups -OCH3 is 1. The number of amides is 1. The molecule has 2 atom stereocenters. The van der Waals surface area contributed by atoms with Gasteiger partial charge in [-0.1, -0.05) is 31.9 Å². The molecule has 4 nitrogen and oxygen atoms in total. The van der Waals surface area contributed by atoms with Gasteiger partial charge in [0.1, 0.15) is 0 Å². The lowest BCUT2D eigenvalue weighted by atomic mass is 9.86. The van der Waals surface area contributed by atoms with E-state index in [1.54, 1.807) is 17.8 Å². The maximum atomic E-state index is 12.1. The second-order valence-corrected chi connectivity index (χ2v) is 7.11. The summed E-state index contributed by atoms with van der Waals surface area (Å²) in [4.78, 5) is 23.6. The van der Waals surface area contributed by atoms with Crippen LogP contribution >= 0.6 is 11.8 Å². The molecule has 1 aromatic rings. The van der Waals surface area contributed by atoms with Gasteiger partial charge < -0.3 is 10.1 Å². The zero-order chi connectivity index (χ0) is 16.7. The maximum Gasteiger partial charge on any atom is 0.337 e. The summed E-state index contributed by atoms with van der Waals surface area (Å²) < 4.78 is 4.72. The van der Waals surface area contributed by atoms with E-state index in [0.29, 0.717) is 29.0 Å². The molecule has 23 heavy (non-hydrogen) atoms. The number of hydrogen-bond acceptors (Lipinski definition) is 4. The van der Waals surface area contributed by atoms with Crippen molar-refractivity contribution >= 4 is 23.6 Å². The number of carbonyl (C=O) groups excluding carboxylic acids is 2. The number of esters is 1. The smallest absolute Gasteiger partial charge is 0.337 e. The van der Waals surface area contributed by atoms with E-state index in [9.17, 15) is 9.59 Å². The van der Waals surface area contributed by atoms with Gasteiger partial charge >= 0.3 is 5.97 Å². The number of thioether (sulfide) groups is 1. The van der Waals surface area contributed by atoms with Crippen LogP contribution in [0.25, 0.3) is 0 Å². The van der Waals surface area contributed by atoms with Crippen molar-refractivity contribution in [3.63, 3.8) is 0 Å². The zero-order valence-electron chi connectivity index (χ0n) is 13.8. The molecule has 1 aliphatic carbocycles. The summed E-state index contributed by atoms with van der Waals surface area (Å²) in [6.07, 6.45) is 4.79. The molecule has 0 radical (unpaired) electrons. The first-order valence-corrected chi connectivity index (χ1v) is 9.30. The predicted octanol–water partition coefficient (Wildman–Crippen LogP) is 3.40. The van der Waals surface area contributed by atoms with Gasteiger partial charge in [-0.15, -0.1) is 11.8 Å². The molecule has 126 valence electrons. The topological polar surface area (TPSA) is 55.4 Å². The van der Waals surface area contributed by atoms with Gasteiger partial charge in [0.05, 0.1) is 18.4 Å². The third kappa shape index (κ3) is 5.57. The molecule has 1 N–H and O–H groups in total.